The molecule has 6 heteroatoms. The number of phenolic OH excluding ortho intramolecular Hbond substituents is 1. The van der Waals surface area contributed by atoms with Crippen molar-refractivity contribution in [3.05, 3.63) is 23.8 Å². The second-order valence-electron chi connectivity index (χ2n) is 4.08. The first kappa shape index (κ1) is 15.4. The van der Waals surface area contributed by atoms with Gasteiger partial charge in [0.05, 0.1) is 11.3 Å². The molecule has 1 aromatic carbocycles. The summed E-state index contributed by atoms with van der Waals surface area (Å²) in [7, 11) is 0. The number of unbranched alkanes of at least 4 members (excludes halogenated alkanes) is 2. The molecular formula is C14H16N2O4. The third-order valence-electron chi connectivity index (χ3n) is 2.52. The molecule has 0 heterocycles. The molecule has 0 aliphatic carbocycles. The van der Waals surface area contributed by atoms with Crippen LogP contribution in [0.4, 0.5) is 10.5 Å². The van der Waals surface area contributed by atoms with E-state index >= 15 is 0 Å². The summed E-state index contributed by atoms with van der Waals surface area (Å²) >= 11 is 0. The molecule has 0 aliphatic heterocycles. The maximum Gasteiger partial charge on any atom is 0.337 e. The number of carbonyl (C=O) groups is 2. The van der Waals surface area contributed by atoms with Crippen molar-refractivity contribution in [1.82, 2.24) is 5.32 Å². The molecule has 0 fully saturated rings. The Morgan fingerprint density at radius 2 is 2.05 bits per heavy atom. The average Bonchev–Trinajstić information content (AvgIpc) is 2.40. The van der Waals surface area contributed by atoms with Crippen molar-refractivity contribution in [1.29, 1.82) is 0 Å². The molecule has 106 valence electrons. The van der Waals surface area contributed by atoms with Crippen LogP contribution in [0.25, 0.3) is 0 Å². The number of terminal acetylenes is 1. The van der Waals surface area contributed by atoms with Crippen LogP contribution in [0.15, 0.2) is 18.2 Å². The molecule has 0 unspecified atom stereocenters. The van der Waals surface area contributed by atoms with Crippen molar-refractivity contribution < 1.29 is 19.8 Å². The summed E-state index contributed by atoms with van der Waals surface area (Å²) in [5.41, 5.74) is -0.0519. The minimum absolute atomic E-state index is 0.122. The summed E-state index contributed by atoms with van der Waals surface area (Å²) in [5, 5.41) is 23.2. The van der Waals surface area contributed by atoms with Gasteiger partial charge in [-0.3, -0.25) is 0 Å². The number of phenols is 1. The van der Waals surface area contributed by atoms with E-state index in [4.69, 9.17) is 11.5 Å². The van der Waals surface area contributed by atoms with Crippen LogP contribution < -0.4 is 10.6 Å². The lowest BCUT2D eigenvalue weighted by molar-refractivity contribution is 0.0697. The maximum absolute atomic E-state index is 11.6. The number of amides is 2. The van der Waals surface area contributed by atoms with Crippen molar-refractivity contribution in [3.8, 4) is 18.1 Å². The predicted octanol–water partition coefficient (Wildman–Crippen LogP) is 2.02. The summed E-state index contributed by atoms with van der Waals surface area (Å²) in [6, 6.07) is 3.20. The number of hydrogen-bond donors (Lipinski definition) is 4. The van der Waals surface area contributed by atoms with Gasteiger partial charge in [0.15, 0.2) is 0 Å². The number of aromatic hydroxyl groups is 1. The van der Waals surface area contributed by atoms with Crippen LogP contribution >= 0.6 is 0 Å². The molecule has 6 nitrogen and oxygen atoms in total. The van der Waals surface area contributed by atoms with Gasteiger partial charge in [-0.05, 0) is 31.0 Å². The van der Waals surface area contributed by atoms with Gasteiger partial charge in [-0.15, -0.1) is 12.3 Å². The van der Waals surface area contributed by atoms with E-state index in [1.54, 1.807) is 0 Å². The molecule has 0 atom stereocenters. The van der Waals surface area contributed by atoms with Gasteiger partial charge in [0, 0.05) is 13.0 Å². The van der Waals surface area contributed by atoms with Crippen molar-refractivity contribution >= 4 is 17.7 Å². The Bertz CT molecular complexity index is 534. The van der Waals surface area contributed by atoms with Gasteiger partial charge in [0.2, 0.25) is 0 Å². The van der Waals surface area contributed by atoms with E-state index in [1.807, 2.05) is 0 Å². The lowest BCUT2D eigenvalue weighted by Crippen LogP contribution is -2.30. The molecule has 20 heavy (non-hydrogen) atoms. The van der Waals surface area contributed by atoms with Crippen molar-refractivity contribution in [2.75, 3.05) is 11.9 Å². The summed E-state index contributed by atoms with van der Waals surface area (Å²) in [5.74, 6) is 1.09. The van der Waals surface area contributed by atoms with Gasteiger partial charge in [-0.2, -0.15) is 0 Å². The molecular weight excluding hydrogens is 260 g/mol. The van der Waals surface area contributed by atoms with Gasteiger partial charge >= 0.3 is 12.0 Å². The first-order valence-corrected chi connectivity index (χ1v) is 6.09. The zero-order valence-electron chi connectivity index (χ0n) is 10.8. The minimum Gasteiger partial charge on any atom is -0.508 e. The fourth-order valence-electron chi connectivity index (χ4n) is 1.54. The Hall–Kier alpha value is -2.68. The third kappa shape index (κ3) is 4.90. The highest BCUT2D eigenvalue weighted by Gasteiger charge is 2.13. The number of anilines is 1. The van der Waals surface area contributed by atoms with Crippen LogP contribution in [-0.2, 0) is 0 Å². The Labute approximate surface area is 116 Å². The van der Waals surface area contributed by atoms with Crippen LogP contribution in [0.3, 0.4) is 0 Å². The number of hydrogen-bond acceptors (Lipinski definition) is 3. The van der Waals surface area contributed by atoms with Crippen molar-refractivity contribution in [2.24, 2.45) is 0 Å². The Morgan fingerprint density at radius 1 is 1.30 bits per heavy atom. The molecule has 0 spiro atoms. The van der Waals surface area contributed by atoms with Gasteiger partial charge in [0.1, 0.15) is 5.75 Å². The maximum atomic E-state index is 11.6. The van der Waals surface area contributed by atoms with E-state index in [-0.39, 0.29) is 17.0 Å². The fraction of sp³-hybridized carbons (Fsp3) is 0.286. The molecule has 0 bridgehead atoms. The SMILES string of the molecule is C#CCCCCNC(=O)Nc1ccc(O)cc1C(=O)O. The summed E-state index contributed by atoms with van der Waals surface area (Å²) in [6.07, 6.45) is 7.33. The number of nitrogens with one attached hydrogen (secondary N) is 2. The monoisotopic (exact) mass is 276 g/mol. The van der Waals surface area contributed by atoms with E-state index in [2.05, 4.69) is 16.6 Å². The van der Waals surface area contributed by atoms with Crippen LogP contribution in [0.5, 0.6) is 5.75 Å². The molecule has 0 radical (unpaired) electrons. The Balaban J connectivity index is 2.54. The van der Waals surface area contributed by atoms with E-state index in [0.717, 1.165) is 18.9 Å². The molecule has 2 amide bonds. The van der Waals surface area contributed by atoms with Gasteiger partial charge < -0.3 is 20.8 Å². The first-order chi connectivity index (χ1) is 9.54. The van der Waals surface area contributed by atoms with Crippen LogP contribution in [-0.4, -0.2) is 28.8 Å². The van der Waals surface area contributed by atoms with E-state index in [9.17, 15) is 14.7 Å². The highest BCUT2D eigenvalue weighted by Crippen LogP contribution is 2.21. The zero-order chi connectivity index (χ0) is 15.0. The predicted molar refractivity (Wildman–Crippen MR) is 74.8 cm³/mol. The van der Waals surface area contributed by atoms with E-state index in [1.165, 1.54) is 12.1 Å². The molecule has 0 saturated carbocycles. The van der Waals surface area contributed by atoms with Crippen LogP contribution in [0, 0.1) is 12.3 Å². The lowest BCUT2D eigenvalue weighted by Gasteiger charge is -2.10. The highest BCUT2D eigenvalue weighted by atomic mass is 16.4. The van der Waals surface area contributed by atoms with E-state index in [0.29, 0.717) is 13.0 Å². The van der Waals surface area contributed by atoms with Gasteiger partial charge in [-0.1, -0.05) is 0 Å². The van der Waals surface area contributed by atoms with Crippen LogP contribution in [0.1, 0.15) is 29.6 Å². The smallest absolute Gasteiger partial charge is 0.337 e. The standard InChI is InChI=1S/C14H16N2O4/c1-2-3-4-5-8-15-14(20)16-12-7-6-10(17)9-11(12)13(18)19/h1,6-7,9,17H,3-5,8H2,(H,18,19)(H2,15,16,20). The first-order valence-electron chi connectivity index (χ1n) is 6.09. The molecule has 0 aromatic heterocycles. The second-order valence-corrected chi connectivity index (χ2v) is 4.08. The fourth-order valence-corrected chi connectivity index (χ4v) is 1.54. The highest BCUT2D eigenvalue weighted by molar-refractivity contribution is 6.00. The number of rotatable bonds is 6. The largest absolute Gasteiger partial charge is 0.508 e. The number of benzene rings is 1. The number of carbonyl (C=O) groups excluding carboxylic acids is 1. The molecule has 0 aliphatic rings. The minimum atomic E-state index is -1.23. The Morgan fingerprint density at radius 3 is 2.70 bits per heavy atom. The molecule has 4 N–H and O–H groups in total. The second kappa shape index (κ2) is 7.69. The van der Waals surface area contributed by atoms with Crippen molar-refractivity contribution in [3.63, 3.8) is 0 Å². The number of aromatic carboxylic acids is 1. The Kier molecular flexibility index (Phi) is 5.91. The third-order valence-corrected chi connectivity index (χ3v) is 2.52. The summed E-state index contributed by atoms with van der Waals surface area (Å²) in [6.45, 7) is 0.452. The van der Waals surface area contributed by atoms with Crippen molar-refractivity contribution in [2.45, 2.75) is 19.3 Å². The normalized spacial score (nSPS) is 9.55. The molecule has 0 saturated heterocycles. The molecule has 1 rings (SSSR count). The topological polar surface area (TPSA) is 98.7 Å². The molecule has 1 aromatic rings. The summed E-state index contributed by atoms with van der Waals surface area (Å²) in [4.78, 5) is 22.6. The zero-order valence-corrected chi connectivity index (χ0v) is 10.8. The summed E-state index contributed by atoms with van der Waals surface area (Å²) < 4.78 is 0. The van der Waals surface area contributed by atoms with E-state index < -0.39 is 12.0 Å². The number of carboxylic acids is 1. The van der Waals surface area contributed by atoms with Crippen LogP contribution in [0.2, 0.25) is 0 Å². The average molecular weight is 276 g/mol. The quantitative estimate of drug-likeness (QED) is 0.363. The number of carboxylic acid groups (broad SMARTS) is 1. The lowest BCUT2D eigenvalue weighted by atomic mass is 10.1. The number of urea groups is 1. The van der Waals surface area contributed by atoms with Gasteiger partial charge in [0.25, 0.3) is 0 Å². The van der Waals surface area contributed by atoms with Gasteiger partial charge in [-0.25, -0.2) is 9.59 Å².